The molecule has 2 aromatic heterocycles. The Bertz CT molecular complexity index is 1270. The molecule has 0 saturated heterocycles. The zero-order valence-electron chi connectivity index (χ0n) is 17.7. The number of hydrogen-bond acceptors (Lipinski definition) is 6. The summed E-state index contributed by atoms with van der Waals surface area (Å²) in [7, 11) is 0. The summed E-state index contributed by atoms with van der Waals surface area (Å²) in [6.07, 6.45) is 0. The Balaban J connectivity index is 1.59. The summed E-state index contributed by atoms with van der Waals surface area (Å²) < 4.78 is 5.81. The van der Waals surface area contributed by atoms with Crippen LogP contribution in [0.1, 0.15) is 35.1 Å². The molecule has 9 heteroatoms. The van der Waals surface area contributed by atoms with Gasteiger partial charge in [-0.1, -0.05) is 47.5 Å². The second-order valence-corrected chi connectivity index (χ2v) is 9.29. The van der Waals surface area contributed by atoms with Gasteiger partial charge < -0.3 is 9.32 Å². The number of benzene rings is 2. The van der Waals surface area contributed by atoms with Crippen molar-refractivity contribution in [2.24, 2.45) is 0 Å². The van der Waals surface area contributed by atoms with Gasteiger partial charge in [0.2, 0.25) is 11.8 Å². The average Bonchev–Trinajstić information content (AvgIpc) is 3.38. The molecule has 0 radical (unpaired) electrons. The third-order valence-corrected chi connectivity index (χ3v) is 6.58. The summed E-state index contributed by atoms with van der Waals surface area (Å²) in [5.41, 5.74) is 2.20. The van der Waals surface area contributed by atoms with Gasteiger partial charge in [-0.25, -0.2) is 4.98 Å². The fourth-order valence-electron chi connectivity index (χ4n) is 3.17. The normalized spacial score (nSPS) is 11.2. The molecule has 0 aliphatic rings. The van der Waals surface area contributed by atoms with Crippen LogP contribution in [0, 0.1) is 6.92 Å². The van der Waals surface area contributed by atoms with E-state index in [1.165, 1.54) is 11.3 Å². The van der Waals surface area contributed by atoms with E-state index in [9.17, 15) is 4.79 Å². The van der Waals surface area contributed by atoms with Crippen LogP contribution in [0.25, 0.3) is 22.0 Å². The van der Waals surface area contributed by atoms with Crippen LogP contribution in [0.4, 0.5) is 0 Å². The molecular formula is C23H20Cl2N4O2S. The molecule has 0 aliphatic heterocycles. The summed E-state index contributed by atoms with van der Waals surface area (Å²) in [6.45, 7) is 5.89. The molecule has 0 bridgehead atoms. The molecule has 0 fully saturated rings. The topological polar surface area (TPSA) is 72.1 Å². The van der Waals surface area contributed by atoms with Gasteiger partial charge in [-0.05, 0) is 45.0 Å². The number of rotatable bonds is 6. The lowest BCUT2D eigenvalue weighted by atomic mass is 10.2. The van der Waals surface area contributed by atoms with Gasteiger partial charge in [-0.15, -0.1) is 21.5 Å². The van der Waals surface area contributed by atoms with Gasteiger partial charge >= 0.3 is 0 Å². The number of aromatic nitrogens is 3. The van der Waals surface area contributed by atoms with Gasteiger partial charge in [0.15, 0.2) is 0 Å². The molecule has 4 aromatic rings. The summed E-state index contributed by atoms with van der Waals surface area (Å²) in [5.74, 6) is 0.513. The van der Waals surface area contributed by atoms with Gasteiger partial charge in [-0.3, -0.25) is 4.79 Å². The maximum Gasteiger partial charge on any atom is 0.266 e. The monoisotopic (exact) mass is 486 g/mol. The van der Waals surface area contributed by atoms with E-state index < -0.39 is 0 Å². The third kappa shape index (κ3) is 4.70. The van der Waals surface area contributed by atoms with Gasteiger partial charge in [0.05, 0.1) is 22.8 Å². The van der Waals surface area contributed by atoms with E-state index >= 15 is 0 Å². The molecule has 164 valence electrons. The van der Waals surface area contributed by atoms with Crippen LogP contribution in [0.5, 0.6) is 0 Å². The molecule has 0 spiro atoms. The zero-order valence-corrected chi connectivity index (χ0v) is 20.0. The summed E-state index contributed by atoms with van der Waals surface area (Å²) in [4.78, 5) is 20.3. The minimum Gasteiger partial charge on any atom is -0.419 e. The van der Waals surface area contributed by atoms with Crippen molar-refractivity contribution < 1.29 is 9.21 Å². The standard InChI is InChI=1S/C23H20Cl2N4O2S/c1-13(2)29(12-19-27-28-21(31-19)17-9-4-5-10-18(17)25)23(30)20-14(3)26-22(32-20)15-7-6-8-16(24)11-15/h4-11,13H,12H2,1-3H3. The molecular weight excluding hydrogens is 467 g/mol. The van der Waals surface area contributed by atoms with E-state index in [0.717, 1.165) is 10.6 Å². The Labute approximate surface area is 199 Å². The molecule has 0 atom stereocenters. The first-order chi connectivity index (χ1) is 15.3. The van der Waals surface area contributed by atoms with Crippen molar-refractivity contribution in [3.63, 3.8) is 0 Å². The van der Waals surface area contributed by atoms with Crippen molar-refractivity contribution in [3.05, 3.63) is 75.0 Å². The average molecular weight is 487 g/mol. The minimum absolute atomic E-state index is 0.0886. The first kappa shape index (κ1) is 22.5. The minimum atomic E-state index is -0.138. The number of hydrogen-bond donors (Lipinski definition) is 0. The first-order valence-electron chi connectivity index (χ1n) is 9.95. The molecule has 0 unspecified atom stereocenters. The molecule has 2 aromatic carbocycles. The number of nitrogens with zero attached hydrogens (tertiary/aromatic N) is 4. The lowest BCUT2D eigenvalue weighted by molar-refractivity contribution is 0.0676. The van der Waals surface area contributed by atoms with Crippen molar-refractivity contribution >= 4 is 40.4 Å². The number of carbonyl (C=O) groups excluding carboxylic acids is 1. The number of thiazole rings is 1. The van der Waals surface area contributed by atoms with Crippen LogP contribution in [-0.2, 0) is 6.54 Å². The molecule has 32 heavy (non-hydrogen) atoms. The van der Waals surface area contributed by atoms with Crippen molar-refractivity contribution in [2.45, 2.75) is 33.4 Å². The molecule has 6 nitrogen and oxygen atoms in total. The molecule has 0 saturated carbocycles. The Kier molecular flexibility index (Phi) is 6.60. The lowest BCUT2D eigenvalue weighted by Crippen LogP contribution is -2.36. The Hall–Kier alpha value is -2.74. The number of aryl methyl sites for hydroxylation is 1. The van der Waals surface area contributed by atoms with E-state index in [1.807, 2.05) is 57.2 Å². The predicted molar refractivity (Wildman–Crippen MR) is 127 cm³/mol. The van der Waals surface area contributed by atoms with E-state index in [2.05, 4.69) is 15.2 Å². The van der Waals surface area contributed by atoms with Crippen LogP contribution in [0.2, 0.25) is 10.0 Å². The number of halogens is 2. The van der Waals surface area contributed by atoms with Crippen LogP contribution in [0.15, 0.2) is 52.9 Å². The fourth-order valence-corrected chi connectivity index (χ4v) is 4.59. The van der Waals surface area contributed by atoms with Crippen molar-refractivity contribution in [3.8, 4) is 22.0 Å². The van der Waals surface area contributed by atoms with E-state index in [4.69, 9.17) is 27.6 Å². The van der Waals surface area contributed by atoms with Crippen LogP contribution in [0.3, 0.4) is 0 Å². The van der Waals surface area contributed by atoms with E-state index in [0.29, 0.717) is 38.0 Å². The molecule has 0 N–H and O–H groups in total. The van der Waals surface area contributed by atoms with Gasteiger partial charge in [0.1, 0.15) is 9.88 Å². The maximum absolute atomic E-state index is 13.4. The quantitative estimate of drug-likeness (QED) is 0.309. The Morgan fingerprint density at radius 1 is 1.12 bits per heavy atom. The highest BCUT2D eigenvalue weighted by Crippen LogP contribution is 2.31. The van der Waals surface area contributed by atoms with Crippen LogP contribution >= 0.6 is 34.5 Å². The van der Waals surface area contributed by atoms with Gasteiger partial charge in [0, 0.05) is 16.6 Å². The zero-order chi connectivity index (χ0) is 22.8. The van der Waals surface area contributed by atoms with Crippen LogP contribution < -0.4 is 0 Å². The molecule has 0 aliphatic carbocycles. The summed E-state index contributed by atoms with van der Waals surface area (Å²) in [6, 6.07) is 14.6. The van der Waals surface area contributed by atoms with E-state index in [-0.39, 0.29) is 18.5 Å². The molecule has 2 heterocycles. The first-order valence-corrected chi connectivity index (χ1v) is 11.5. The second-order valence-electron chi connectivity index (χ2n) is 7.45. The largest absolute Gasteiger partial charge is 0.419 e. The predicted octanol–water partition coefficient (Wildman–Crippen LogP) is 6.53. The van der Waals surface area contributed by atoms with Gasteiger partial charge in [0.25, 0.3) is 5.91 Å². The Morgan fingerprint density at radius 2 is 1.91 bits per heavy atom. The van der Waals surface area contributed by atoms with Crippen molar-refractivity contribution in [1.29, 1.82) is 0 Å². The molecule has 4 rings (SSSR count). The van der Waals surface area contributed by atoms with Crippen molar-refractivity contribution in [1.82, 2.24) is 20.1 Å². The maximum atomic E-state index is 13.4. The lowest BCUT2D eigenvalue weighted by Gasteiger charge is -2.24. The fraction of sp³-hybridized carbons (Fsp3) is 0.217. The summed E-state index contributed by atoms with van der Waals surface area (Å²) in [5, 5.41) is 10.1. The van der Waals surface area contributed by atoms with E-state index in [1.54, 1.807) is 17.0 Å². The molecule has 1 amide bonds. The smallest absolute Gasteiger partial charge is 0.266 e. The Morgan fingerprint density at radius 3 is 2.62 bits per heavy atom. The van der Waals surface area contributed by atoms with Crippen molar-refractivity contribution in [2.75, 3.05) is 0 Å². The number of carbonyl (C=O) groups is 1. The highest BCUT2D eigenvalue weighted by Gasteiger charge is 2.26. The van der Waals surface area contributed by atoms with Gasteiger partial charge in [-0.2, -0.15) is 0 Å². The SMILES string of the molecule is Cc1nc(-c2cccc(Cl)c2)sc1C(=O)N(Cc1nnc(-c2ccccc2Cl)o1)C(C)C. The highest BCUT2D eigenvalue weighted by atomic mass is 35.5. The highest BCUT2D eigenvalue weighted by molar-refractivity contribution is 7.17. The number of amides is 1. The second kappa shape index (κ2) is 9.40. The summed E-state index contributed by atoms with van der Waals surface area (Å²) >= 11 is 13.7. The third-order valence-electron chi connectivity index (χ3n) is 4.82. The van der Waals surface area contributed by atoms with Crippen LogP contribution in [-0.4, -0.2) is 32.0 Å².